The smallest absolute Gasteiger partial charge is 0.468 e. The van der Waals surface area contributed by atoms with Gasteiger partial charge in [0.05, 0.1) is 11.2 Å². The number of carbonyl (C=O) groups is 1. The highest BCUT2D eigenvalue weighted by atomic mass is 19.4. The molecule has 0 saturated carbocycles. The van der Waals surface area contributed by atoms with Gasteiger partial charge < -0.3 is 15.2 Å². The van der Waals surface area contributed by atoms with Gasteiger partial charge in [0.2, 0.25) is 0 Å². The van der Waals surface area contributed by atoms with Crippen LogP contribution in [0.5, 0.6) is 5.75 Å². The molecule has 2 N–H and O–H groups in total. The second-order valence-corrected chi connectivity index (χ2v) is 2.81. The van der Waals surface area contributed by atoms with Crippen molar-refractivity contribution in [1.29, 1.82) is 0 Å². The van der Waals surface area contributed by atoms with Gasteiger partial charge in [-0.15, -0.1) is 13.2 Å². The Bertz CT molecular complexity index is 534. The van der Waals surface area contributed by atoms with E-state index in [1.165, 1.54) is 0 Å². The van der Waals surface area contributed by atoms with E-state index in [2.05, 4.69) is 9.47 Å². The largest absolute Gasteiger partial charge is 0.573 e. The highest BCUT2D eigenvalue weighted by molar-refractivity contribution is 5.77. The molecule has 1 unspecified atom stereocenters. The number of carbonyl (C=O) groups excluding carboxylic acids is 1. The average Bonchev–Trinajstić information content (AvgIpc) is 2.32. The van der Waals surface area contributed by atoms with Gasteiger partial charge in [0.15, 0.2) is 0 Å². The molecule has 0 aliphatic carbocycles. The number of hydrogen-bond acceptors (Lipinski definition) is 4. The Morgan fingerprint density at radius 2 is 2.18 bits per heavy atom. The Hall–Kier alpha value is -1.76. The standard InChI is InChI=1S/C10H10F3NO3/c1-16-9(15)8(14)6-2-4-7(5-3-6)17-10(11,12)13/h2-5,8H,14H2,1H3/i2D,4D,8D. The molecule has 1 aromatic carbocycles. The lowest BCUT2D eigenvalue weighted by Crippen LogP contribution is -2.22. The van der Waals surface area contributed by atoms with Crippen molar-refractivity contribution < 1.29 is 31.6 Å². The quantitative estimate of drug-likeness (QED) is 0.832. The predicted molar refractivity (Wildman–Crippen MR) is 52.1 cm³/mol. The van der Waals surface area contributed by atoms with E-state index >= 15 is 0 Å². The normalized spacial score (nSPS) is 17.4. The van der Waals surface area contributed by atoms with E-state index in [1.807, 2.05) is 0 Å². The maximum Gasteiger partial charge on any atom is 0.573 e. The van der Waals surface area contributed by atoms with Gasteiger partial charge in [-0.1, -0.05) is 12.1 Å². The number of alkyl halides is 3. The summed E-state index contributed by atoms with van der Waals surface area (Å²) in [6, 6.07) is -2.72. The van der Waals surface area contributed by atoms with Crippen LogP contribution in [0.2, 0.25) is 0 Å². The maximum absolute atomic E-state index is 12.1. The molecule has 0 amide bonds. The van der Waals surface area contributed by atoms with Gasteiger partial charge in [-0.3, -0.25) is 4.79 Å². The first-order chi connectivity index (χ1) is 9.00. The van der Waals surface area contributed by atoms with E-state index in [4.69, 9.17) is 9.85 Å². The molecular formula is C10H10F3NO3. The first-order valence-electron chi connectivity index (χ1n) is 5.74. The fourth-order valence-electron chi connectivity index (χ4n) is 0.933. The fourth-order valence-corrected chi connectivity index (χ4v) is 0.933. The van der Waals surface area contributed by atoms with Crippen molar-refractivity contribution in [2.24, 2.45) is 5.73 Å². The molecule has 0 spiro atoms. The zero-order valence-electron chi connectivity index (χ0n) is 11.6. The maximum atomic E-state index is 12.1. The van der Waals surface area contributed by atoms with Crippen LogP contribution >= 0.6 is 0 Å². The van der Waals surface area contributed by atoms with Crippen LogP contribution in [0.1, 0.15) is 15.7 Å². The number of halogens is 3. The third-order valence-electron chi connectivity index (χ3n) is 1.64. The van der Waals surface area contributed by atoms with Crippen LogP contribution in [0, 0.1) is 0 Å². The molecule has 94 valence electrons. The second-order valence-electron chi connectivity index (χ2n) is 2.81. The first-order valence-corrected chi connectivity index (χ1v) is 4.24. The number of methoxy groups -OCH3 is 1. The average molecular weight is 252 g/mol. The molecule has 0 saturated heterocycles. The molecule has 1 rings (SSSR count). The predicted octanol–water partition coefficient (Wildman–Crippen LogP) is 1.76. The van der Waals surface area contributed by atoms with Crippen molar-refractivity contribution in [3.8, 4) is 5.75 Å². The van der Waals surface area contributed by atoms with Gasteiger partial charge >= 0.3 is 12.3 Å². The van der Waals surface area contributed by atoms with Crippen LogP contribution < -0.4 is 10.5 Å². The van der Waals surface area contributed by atoms with Crippen LogP contribution in [0.3, 0.4) is 0 Å². The fraction of sp³-hybridized carbons (Fsp3) is 0.300. The van der Waals surface area contributed by atoms with Gasteiger partial charge in [0.1, 0.15) is 11.8 Å². The summed E-state index contributed by atoms with van der Waals surface area (Å²) in [4.78, 5) is 11.3. The van der Waals surface area contributed by atoms with Crippen LogP contribution in [0.4, 0.5) is 13.2 Å². The molecule has 0 radical (unpaired) electrons. The lowest BCUT2D eigenvalue weighted by atomic mass is 10.1. The van der Waals surface area contributed by atoms with E-state index in [-0.39, 0.29) is 0 Å². The van der Waals surface area contributed by atoms with Gasteiger partial charge in [-0.05, 0) is 17.7 Å². The molecule has 0 aromatic heterocycles. The van der Waals surface area contributed by atoms with Gasteiger partial charge in [0.25, 0.3) is 0 Å². The molecule has 0 fully saturated rings. The Labute approximate surface area is 99.3 Å². The van der Waals surface area contributed by atoms with Gasteiger partial charge in [0, 0.05) is 0 Å². The Balaban J connectivity index is 3.28. The summed E-state index contributed by atoms with van der Waals surface area (Å²) in [7, 11) is 0.963. The van der Waals surface area contributed by atoms with Crippen molar-refractivity contribution in [2.45, 2.75) is 12.4 Å². The van der Waals surface area contributed by atoms with E-state index in [1.54, 1.807) is 0 Å². The van der Waals surface area contributed by atoms with E-state index in [0.29, 0.717) is 6.07 Å². The zero-order chi connectivity index (χ0) is 15.7. The Morgan fingerprint density at radius 1 is 1.53 bits per heavy atom. The molecule has 17 heavy (non-hydrogen) atoms. The van der Waals surface area contributed by atoms with Crippen LogP contribution in [-0.4, -0.2) is 19.4 Å². The summed E-state index contributed by atoms with van der Waals surface area (Å²) < 4.78 is 66.5. The molecular weight excluding hydrogens is 239 g/mol. The molecule has 0 heterocycles. The van der Waals surface area contributed by atoms with Crippen molar-refractivity contribution in [2.75, 3.05) is 7.11 Å². The monoisotopic (exact) mass is 252 g/mol. The molecule has 0 aliphatic rings. The van der Waals surface area contributed by atoms with Crippen LogP contribution in [-0.2, 0) is 9.53 Å². The number of hydrogen-bond donors (Lipinski definition) is 1. The van der Waals surface area contributed by atoms with E-state index in [9.17, 15) is 18.0 Å². The number of ether oxygens (including phenoxy) is 2. The highest BCUT2D eigenvalue weighted by Gasteiger charge is 2.31. The van der Waals surface area contributed by atoms with Crippen molar-refractivity contribution >= 4 is 5.97 Å². The van der Waals surface area contributed by atoms with Gasteiger partial charge in [-0.25, -0.2) is 0 Å². The summed E-state index contributed by atoms with van der Waals surface area (Å²) in [5, 5.41) is 0. The molecule has 7 heteroatoms. The minimum absolute atomic E-state index is 0.469. The van der Waals surface area contributed by atoms with Crippen LogP contribution in [0.15, 0.2) is 24.2 Å². The van der Waals surface area contributed by atoms with E-state index in [0.717, 1.165) is 13.2 Å². The first kappa shape index (κ1) is 9.29. The number of benzene rings is 1. The van der Waals surface area contributed by atoms with E-state index < -0.39 is 41.7 Å². The highest BCUT2D eigenvalue weighted by Crippen LogP contribution is 2.24. The number of esters is 1. The molecule has 0 aliphatic heterocycles. The van der Waals surface area contributed by atoms with Crippen molar-refractivity contribution in [1.82, 2.24) is 0 Å². The van der Waals surface area contributed by atoms with Crippen molar-refractivity contribution in [3.63, 3.8) is 0 Å². The van der Waals surface area contributed by atoms with Crippen molar-refractivity contribution in [3.05, 3.63) is 29.8 Å². The summed E-state index contributed by atoms with van der Waals surface area (Å²) in [6.45, 7) is 0. The summed E-state index contributed by atoms with van der Waals surface area (Å²) in [6.07, 6.45) is -5.02. The Morgan fingerprint density at radius 3 is 2.71 bits per heavy atom. The third kappa shape index (κ3) is 3.95. The lowest BCUT2D eigenvalue weighted by Gasteiger charge is -2.11. The number of nitrogens with two attached hydrogens (primary N) is 1. The topological polar surface area (TPSA) is 61.5 Å². The SMILES string of the molecule is [2H]c1c(OC(F)(F)F)ccc(C([2H])(N)C(=O)OC)c1[2H]. The van der Waals surface area contributed by atoms with Gasteiger partial charge in [-0.2, -0.15) is 0 Å². The lowest BCUT2D eigenvalue weighted by molar-refractivity contribution is -0.274. The minimum atomic E-state index is -5.02. The molecule has 1 atom stereocenters. The Kier molecular flexibility index (Phi) is 2.76. The minimum Gasteiger partial charge on any atom is -0.468 e. The zero-order valence-corrected chi connectivity index (χ0v) is 8.59. The molecule has 4 nitrogen and oxygen atoms in total. The summed E-state index contributed by atoms with van der Waals surface area (Å²) in [5.41, 5.74) is 4.90. The number of rotatable bonds is 3. The summed E-state index contributed by atoms with van der Waals surface area (Å²) in [5.74, 6) is -2.14. The summed E-state index contributed by atoms with van der Waals surface area (Å²) >= 11 is 0. The molecule has 1 aromatic rings. The van der Waals surface area contributed by atoms with Crippen LogP contribution in [0.25, 0.3) is 0 Å². The second kappa shape index (κ2) is 5.05. The molecule has 0 bridgehead atoms. The third-order valence-corrected chi connectivity index (χ3v) is 1.64.